The van der Waals surface area contributed by atoms with E-state index in [9.17, 15) is 4.79 Å². The van der Waals surface area contributed by atoms with Crippen molar-refractivity contribution in [2.45, 2.75) is 25.7 Å². The van der Waals surface area contributed by atoms with Crippen molar-refractivity contribution in [2.24, 2.45) is 7.05 Å². The first-order chi connectivity index (χ1) is 17.5. The summed E-state index contributed by atoms with van der Waals surface area (Å²) >= 11 is 0. The fourth-order valence-electron chi connectivity index (χ4n) is 5.08. The molecule has 0 radical (unpaired) electrons. The van der Waals surface area contributed by atoms with Crippen molar-refractivity contribution in [3.05, 3.63) is 60.0 Å². The maximum Gasteiger partial charge on any atom is 0.238 e. The standard InChI is InChI=1S/C28H34N6O2/c1-19-30-25-16-22(10-11-26(25)33(19)2)31-27(35)18-34-13-6-8-21(17-34)24-15-20-7-4-5-9-23(20)28(32-24)29-12-14-36-3/h4-5,7,9-11,15-16,21H,6,8,12-14,17-18H2,1-3H3,(H,29,32)(H,31,35)/t21-/m0/s1. The molecular formula is C28H34N6O2. The third-order valence-corrected chi connectivity index (χ3v) is 7.04. The molecule has 36 heavy (non-hydrogen) atoms. The van der Waals surface area contributed by atoms with Crippen LogP contribution in [0.15, 0.2) is 48.5 Å². The number of methoxy groups -OCH3 is 1. The van der Waals surface area contributed by atoms with E-state index in [0.717, 1.165) is 65.4 Å². The lowest BCUT2D eigenvalue weighted by molar-refractivity contribution is -0.117. The van der Waals surface area contributed by atoms with E-state index in [1.54, 1.807) is 7.11 Å². The Labute approximate surface area is 211 Å². The Morgan fingerprint density at radius 2 is 2.03 bits per heavy atom. The lowest BCUT2D eigenvalue weighted by Gasteiger charge is -2.32. The molecule has 4 aromatic rings. The summed E-state index contributed by atoms with van der Waals surface area (Å²) in [7, 11) is 3.70. The van der Waals surface area contributed by atoms with Crippen molar-refractivity contribution in [3.8, 4) is 0 Å². The molecule has 3 heterocycles. The molecule has 2 N–H and O–H groups in total. The number of carbonyl (C=O) groups is 1. The predicted molar refractivity (Wildman–Crippen MR) is 145 cm³/mol. The number of rotatable bonds is 8. The Bertz CT molecular complexity index is 1380. The number of anilines is 2. The van der Waals surface area contributed by atoms with E-state index in [2.05, 4.69) is 44.8 Å². The summed E-state index contributed by atoms with van der Waals surface area (Å²) in [6, 6.07) is 16.4. The zero-order valence-corrected chi connectivity index (χ0v) is 21.3. The van der Waals surface area contributed by atoms with Crippen LogP contribution in [0, 0.1) is 6.92 Å². The van der Waals surface area contributed by atoms with Crippen molar-refractivity contribution >= 4 is 39.2 Å². The lowest BCUT2D eigenvalue weighted by atomic mass is 9.93. The Morgan fingerprint density at radius 3 is 2.89 bits per heavy atom. The number of pyridine rings is 1. The van der Waals surface area contributed by atoms with E-state index in [-0.39, 0.29) is 11.8 Å². The van der Waals surface area contributed by atoms with Crippen molar-refractivity contribution in [2.75, 3.05) is 50.5 Å². The van der Waals surface area contributed by atoms with Gasteiger partial charge in [0, 0.05) is 49.9 Å². The number of likely N-dealkylation sites (tertiary alicyclic amines) is 1. The fourth-order valence-corrected chi connectivity index (χ4v) is 5.08. The number of hydrogen-bond donors (Lipinski definition) is 2. The predicted octanol–water partition coefficient (Wildman–Crippen LogP) is 4.31. The number of imidazole rings is 1. The van der Waals surface area contributed by atoms with E-state index in [0.29, 0.717) is 19.7 Å². The van der Waals surface area contributed by atoms with E-state index in [1.807, 2.05) is 42.8 Å². The van der Waals surface area contributed by atoms with Crippen LogP contribution >= 0.6 is 0 Å². The summed E-state index contributed by atoms with van der Waals surface area (Å²) in [6.45, 7) is 5.40. The average molecular weight is 487 g/mol. The summed E-state index contributed by atoms with van der Waals surface area (Å²) in [5.74, 6) is 2.13. The van der Waals surface area contributed by atoms with Gasteiger partial charge in [-0.15, -0.1) is 0 Å². The second-order valence-electron chi connectivity index (χ2n) is 9.58. The highest BCUT2D eigenvalue weighted by atomic mass is 16.5. The van der Waals surface area contributed by atoms with Crippen molar-refractivity contribution in [3.63, 3.8) is 0 Å². The molecule has 1 amide bonds. The van der Waals surface area contributed by atoms with Crippen LogP contribution in [0.1, 0.15) is 30.3 Å². The summed E-state index contributed by atoms with van der Waals surface area (Å²) in [5, 5.41) is 8.79. The zero-order chi connectivity index (χ0) is 25.1. The number of fused-ring (bicyclic) bond motifs is 2. The molecule has 0 saturated carbocycles. The summed E-state index contributed by atoms with van der Waals surface area (Å²) in [4.78, 5) is 24.7. The molecule has 2 aromatic heterocycles. The molecule has 0 unspecified atom stereocenters. The third-order valence-electron chi connectivity index (χ3n) is 7.04. The molecule has 1 aliphatic heterocycles. The Balaban J connectivity index is 1.27. The van der Waals surface area contributed by atoms with Gasteiger partial charge in [-0.05, 0) is 56.0 Å². The maximum absolute atomic E-state index is 12.9. The highest BCUT2D eigenvalue weighted by Crippen LogP contribution is 2.31. The Morgan fingerprint density at radius 1 is 1.17 bits per heavy atom. The topological polar surface area (TPSA) is 84.3 Å². The van der Waals surface area contributed by atoms with Gasteiger partial charge in [-0.1, -0.05) is 24.3 Å². The number of nitrogens with one attached hydrogen (secondary N) is 2. The van der Waals surface area contributed by atoms with E-state index < -0.39 is 0 Å². The van der Waals surface area contributed by atoms with Crippen LogP contribution in [0.5, 0.6) is 0 Å². The highest BCUT2D eigenvalue weighted by Gasteiger charge is 2.25. The molecule has 1 aliphatic rings. The number of amides is 1. The minimum absolute atomic E-state index is 0.00366. The van der Waals surface area contributed by atoms with E-state index in [1.165, 1.54) is 5.39 Å². The SMILES string of the molecule is COCCNc1nc([C@H]2CCCN(CC(=O)Nc3ccc4c(c3)nc(C)n4C)C2)cc2ccccc12. The molecule has 188 valence electrons. The van der Waals surface area contributed by atoms with Crippen molar-refractivity contribution < 1.29 is 9.53 Å². The Kier molecular flexibility index (Phi) is 7.16. The van der Waals surface area contributed by atoms with Crippen LogP contribution < -0.4 is 10.6 Å². The minimum atomic E-state index is -0.00366. The molecule has 8 nitrogen and oxygen atoms in total. The van der Waals surface area contributed by atoms with Crippen LogP contribution in [0.2, 0.25) is 0 Å². The van der Waals surface area contributed by atoms with Gasteiger partial charge in [-0.25, -0.2) is 9.97 Å². The van der Waals surface area contributed by atoms with Gasteiger partial charge >= 0.3 is 0 Å². The number of hydrogen-bond acceptors (Lipinski definition) is 6. The van der Waals surface area contributed by atoms with Crippen molar-refractivity contribution in [1.29, 1.82) is 0 Å². The molecule has 8 heteroatoms. The largest absolute Gasteiger partial charge is 0.383 e. The average Bonchev–Trinajstić information content (AvgIpc) is 3.16. The van der Waals surface area contributed by atoms with Crippen LogP contribution in [0.3, 0.4) is 0 Å². The first-order valence-corrected chi connectivity index (χ1v) is 12.6. The fraction of sp³-hybridized carbons (Fsp3) is 0.393. The van der Waals surface area contributed by atoms with Gasteiger partial charge in [0.05, 0.1) is 24.2 Å². The number of carbonyl (C=O) groups excluding carboxylic acids is 1. The third kappa shape index (κ3) is 5.20. The molecule has 2 aromatic carbocycles. The highest BCUT2D eigenvalue weighted by molar-refractivity contribution is 5.94. The summed E-state index contributed by atoms with van der Waals surface area (Å²) < 4.78 is 7.25. The molecule has 1 fully saturated rings. The molecule has 0 aliphatic carbocycles. The molecule has 0 bridgehead atoms. The number of piperidine rings is 1. The van der Waals surface area contributed by atoms with Crippen LogP contribution in [-0.2, 0) is 16.6 Å². The van der Waals surface area contributed by atoms with E-state index >= 15 is 0 Å². The van der Waals surface area contributed by atoms with Gasteiger partial charge in [-0.3, -0.25) is 9.69 Å². The van der Waals surface area contributed by atoms with Gasteiger partial charge in [0.1, 0.15) is 11.6 Å². The van der Waals surface area contributed by atoms with Crippen molar-refractivity contribution in [1.82, 2.24) is 19.4 Å². The number of aromatic nitrogens is 3. The first-order valence-electron chi connectivity index (χ1n) is 12.6. The second kappa shape index (κ2) is 10.6. The van der Waals surface area contributed by atoms with Crippen LogP contribution in [0.25, 0.3) is 21.8 Å². The van der Waals surface area contributed by atoms with Gasteiger partial charge in [0.2, 0.25) is 5.91 Å². The number of nitrogens with zero attached hydrogens (tertiary/aromatic N) is 4. The number of benzene rings is 2. The normalized spacial score (nSPS) is 16.5. The maximum atomic E-state index is 12.9. The lowest BCUT2D eigenvalue weighted by Crippen LogP contribution is -2.40. The Hall–Kier alpha value is -3.49. The van der Waals surface area contributed by atoms with Gasteiger partial charge in [0.25, 0.3) is 0 Å². The number of ether oxygens (including phenoxy) is 1. The molecular weight excluding hydrogens is 452 g/mol. The smallest absolute Gasteiger partial charge is 0.238 e. The first kappa shape index (κ1) is 24.2. The van der Waals surface area contributed by atoms with Gasteiger partial charge in [-0.2, -0.15) is 0 Å². The van der Waals surface area contributed by atoms with Gasteiger partial charge in [0.15, 0.2) is 0 Å². The molecule has 0 spiro atoms. The number of aryl methyl sites for hydroxylation is 2. The monoisotopic (exact) mass is 486 g/mol. The molecule has 1 atom stereocenters. The summed E-state index contributed by atoms with van der Waals surface area (Å²) in [6.07, 6.45) is 2.11. The van der Waals surface area contributed by atoms with Gasteiger partial charge < -0.3 is 19.9 Å². The summed E-state index contributed by atoms with van der Waals surface area (Å²) in [5.41, 5.74) is 3.81. The minimum Gasteiger partial charge on any atom is -0.383 e. The molecule has 1 saturated heterocycles. The van der Waals surface area contributed by atoms with E-state index in [4.69, 9.17) is 9.72 Å². The van der Waals surface area contributed by atoms with Crippen LogP contribution in [0.4, 0.5) is 11.5 Å². The zero-order valence-electron chi connectivity index (χ0n) is 21.3. The molecule has 5 rings (SSSR count). The van der Waals surface area contributed by atoms with Crippen LogP contribution in [-0.4, -0.2) is 65.2 Å². The quantitative estimate of drug-likeness (QED) is 0.361. The second-order valence-corrected chi connectivity index (χ2v) is 9.58.